The van der Waals surface area contributed by atoms with E-state index in [2.05, 4.69) is 4.99 Å². The number of thiazole rings is 1. The number of ether oxygens (including phenoxy) is 3. The standard InChI is InChI=1S/C31H28N2O8S/c1-5-39-24-15-20(11-13-23(24)38-4)27-26(30(37)40-6-2)17(3)32-31-33(27)28(34)25(42-31)16-21-12-14-22(41-21)18-7-9-19(10-8-18)29(35)36/h7-16,27H,5-6H2,1-4H3,(H,35,36)/b25-16-/t27-/m1/s1. The Labute approximate surface area is 244 Å². The van der Waals surface area contributed by atoms with Gasteiger partial charge in [0.05, 0.1) is 47.7 Å². The topological polar surface area (TPSA) is 130 Å². The molecule has 0 radical (unpaired) electrons. The van der Waals surface area contributed by atoms with Gasteiger partial charge < -0.3 is 23.7 Å². The number of rotatable bonds is 9. The van der Waals surface area contributed by atoms with Crippen LogP contribution < -0.4 is 24.4 Å². The normalized spacial score (nSPS) is 14.8. The summed E-state index contributed by atoms with van der Waals surface area (Å²) in [5.74, 6) is 0.385. The molecule has 0 unspecified atom stereocenters. The Hall–Kier alpha value is -4.90. The van der Waals surface area contributed by atoms with Crippen molar-refractivity contribution in [3.63, 3.8) is 0 Å². The molecule has 10 nitrogen and oxygen atoms in total. The minimum absolute atomic E-state index is 0.166. The molecule has 1 aliphatic heterocycles. The molecule has 216 valence electrons. The first-order valence-corrected chi connectivity index (χ1v) is 14.0. The van der Waals surface area contributed by atoms with Crippen LogP contribution in [-0.2, 0) is 9.53 Å². The Morgan fingerprint density at radius 1 is 1.07 bits per heavy atom. The number of carbonyl (C=O) groups is 2. The number of benzene rings is 2. The fourth-order valence-corrected chi connectivity index (χ4v) is 5.76. The van der Waals surface area contributed by atoms with Gasteiger partial charge in [-0.1, -0.05) is 29.5 Å². The largest absolute Gasteiger partial charge is 0.493 e. The third kappa shape index (κ3) is 5.38. The number of nitrogens with zero attached hydrogens (tertiary/aromatic N) is 2. The summed E-state index contributed by atoms with van der Waals surface area (Å²) in [6, 6.07) is 14.3. The quantitative estimate of drug-likeness (QED) is 0.289. The highest BCUT2D eigenvalue weighted by Crippen LogP contribution is 2.36. The molecule has 0 amide bonds. The highest BCUT2D eigenvalue weighted by molar-refractivity contribution is 7.07. The summed E-state index contributed by atoms with van der Waals surface area (Å²) in [4.78, 5) is 43.3. The second kappa shape index (κ2) is 11.9. The molecule has 4 aromatic rings. The van der Waals surface area contributed by atoms with E-state index in [1.807, 2.05) is 6.92 Å². The number of aromatic carboxylic acids is 1. The van der Waals surface area contributed by atoms with Crippen molar-refractivity contribution in [1.82, 2.24) is 4.57 Å². The number of carboxylic acid groups (broad SMARTS) is 1. The number of allylic oxidation sites excluding steroid dienone is 1. The maximum absolute atomic E-state index is 13.9. The third-order valence-corrected chi connectivity index (χ3v) is 7.62. The van der Waals surface area contributed by atoms with Crippen LogP contribution >= 0.6 is 11.3 Å². The Kier molecular flexibility index (Phi) is 8.12. The van der Waals surface area contributed by atoms with Crippen LogP contribution in [0.1, 0.15) is 48.5 Å². The molecule has 0 bridgehead atoms. The number of hydrogen-bond donors (Lipinski definition) is 1. The number of esters is 1. The molecule has 3 heterocycles. The number of hydrogen-bond acceptors (Lipinski definition) is 9. The van der Waals surface area contributed by atoms with E-state index in [1.165, 1.54) is 28.0 Å². The molecule has 11 heteroatoms. The van der Waals surface area contributed by atoms with Crippen molar-refractivity contribution in [3.8, 4) is 22.8 Å². The molecule has 5 rings (SSSR count). The van der Waals surface area contributed by atoms with E-state index in [4.69, 9.17) is 23.7 Å². The summed E-state index contributed by atoms with van der Waals surface area (Å²) in [5.41, 5.74) is 1.85. The van der Waals surface area contributed by atoms with Crippen LogP contribution in [0.3, 0.4) is 0 Å². The lowest BCUT2D eigenvalue weighted by molar-refractivity contribution is -0.139. The third-order valence-electron chi connectivity index (χ3n) is 6.64. The SMILES string of the molecule is CCOC(=O)C1=C(C)N=c2s/c(=C\c3ccc(-c4ccc(C(=O)O)cc4)o3)c(=O)n2[C@@H]1c1ccc(OC)c(OCC)c1. The molecule has 0 spiro atoms. The monoisotopic (exact) mass is 588 g/mol. The van der Waals surface area contributed by atoms with Crippen LogP contribution in [0.2, 0.25) is 0 Å². The van der Waals surface area contributed by atoms with Crippen molar-refractivity contribution < 1.29 is 33.3 Å². The molecule has 42 heavy (non-hydrogen) atoms. The second-order valence-electron chi connectivity index (χ2n) is 9.23. The van der Waals surface area contributed by atoms with Crippen molar-refractivity contribution in [2.75, 3.05) is 20.3 Å². The van der Waals surface area contributed by atoms with Crippen molar-refractivity contribution in [2.45, 2.75) is 26.8 Å². The molecule has 0 saturated carbocycles. The molecular formula is C31H28N2O8S. The first-order valence-electron chi connectivity index (χ1n) is 13.2. The minimum atomic E-state index is -1.01. The van der Waals surface area contributed by atoms with Crippen LogP contribution in [0, 0.1) is 0 Å². The molecule has 2 aromatic carbocycles. The minimum Gasteiger partial charge on any atom is -0.493 e. The van der Waals surface area contributed by atoms with Crippen molar-refractivity contribution in [1.29, 1.82) is 0 Å². The predicted octanol–water partition coefficient (Wildman–Crippen LogP) is 4.16. The van der Waals surface area contributed by atoms with E-state index < -0.39 is 18.0 Å². The number of aromatic nitrogens is 1. The predicted molar refractivity (Wildman–Crippen MR) is 156 cm³/mol. The van der Waals surface area contributed by atoms with Crippen LogP contribution in [-0.4, -0.2) is 41.9 Å². The molecule has 2 aromatic heterocycles. The Morgan fingerprint density at radius 3 is 2.50 bits per heavy atom. The molecule has 1 atom stereocenters. The van der Waals surface area contributed by atoms with Gasteiger partial charge in [0.15, 0.2) is 16.3 Å². The molecule has 1 N–H and O–H groups in total. The summed E-state index contributed by atoms with van der Waals surface area (Å²) in [6.07, 6.45) is 1.62. The average molecular weight is 589 g/mol. The smallest absolute Gasteiger partial charge is 0.338 e. The zero-order valence-corrected chi connectivity index (χ0v) is 24.2. The van der Waals surface area contributed by atoms with Gasteiger partial charge >= 0.3 is 11.9 Å². The number of carbonyl (C=O) groups excluding carboxylic acids is 1. The van der Waals surface area contributed by atoms with E-state index in [1.54, 1.807) is 69.5 Å². The molecule has 0 aliphatic carbocycles. The van der Waals surface area contributed by atoms with Crippen LogP contribution in [0.5, 0.6) is 11.5 Å². The van der Waals surface area contributed by atoms with Gasteiger partial charge in [0.25, 0.3) is 5.56 Å². The molecule has 0 saturated heterocycles. The Balaban J connectivity index is 1.62. The Morgan fingerprint density at radius 2 is 1.83 bits per heavy atom. The zero-order valence-electron chi connectivity index (χ0n) is 23.4. The van der Waals surface area contributed by atoms with E-state index in [-0.39, 0.29) is 23.3 Å². The highest BCUT2D eigenvalue weighted by atomic mass is 32.1. The summed E-state index contributed by atoms with van der Waals surface area (Å²) in [5, 5.41) is 9.15. The Bertz CT molecular complexity index is 1880. The molecule has 1 aliphatic rings. The molecule has 0 fully saturated rings. The van der Waals surface area contributed by atoms with Gasteiger partial charge in [-0.2, -0.15) is 0 Å². The number of fused-ring (bicyclic) bond motifs is 1. The molecular weight excluding hydrogens is 560 g/mol. The van der Waals surface area contributed by atoms with Crippen molar-refractivity contribution in [2.24, 2.45) is 4.99 Å². The fourth-order valence-electron chi connectivity index (χ4n) is 4.73. The summed E-state index contributed by atoms with van der Waals surface area (Å²) in [6.45, 7) is 5.86. The van der Waals surface area contributed by atoms with Crippen LogP contribution in [0.25, 0.3) is 17.4 Å². The highest BCUT2D eigenvalue weighted by Gasteiger charge is 2.34. The van der Waals surface area contributed by atoms with Crippen LogP contribution in [0.4, 0.5) is 0 Å². The van der Waals surface area contributed by atoms with E-state index in [9.17, 15) is 14.4 Å². The summed E-state index contributed by atoms with van der Waals surface area (Å²) >= 11 is 1.18. The maximum atomic E-state index is 13.9. The first kappa shape index (κ1) is 28.6. The zero-order chi connectivity index (χ0) is 30.0. The van der Waals surface area contributed by atoms with Gasteiger partial charge in [-0.3, -0.25) is 9.36 Å². The lowest BCUT2D eigenvalue weighted by Crippen LogP contribution is -2.39. The first-order chi connectivity index (χ1) is 20.2. The number of methoxy groups -OCH3 is 1. The van der Waals surface area contributed by atoms with Crippen molar-refractivity contribution >= 4 is 29.4 Å². The van der Waals surface area contributed by atoms with Crippen molar-refractivity contribution in [3.05, 3.63) is 102 Å². The van der Waals surface area contributed by atoms with Crippen LogP contribution in [0.15, 0.2) is 80.1 Å². The van der Waals surface area contributed by atoms with Gasteiger partial charge in [0, 0.05) is 11.6 Å². The maximum Gasteiger partial charge on any atom is 0.338 e. The van der Waals surface area contributed by atoms with Gasteiger partial charge in [0.1, 0.15) is 11.5 Å². The van der Waals surface area contributed by atoms with E-state index >= 15 is 0 Å². The van der Waals surface area contributed by atoms with E-state index in [0.29, 0.717) is 55.8 Å². The summed E-state index contributed by atoms with van der Waals surface area (Å²) in [7, 11) is 1.54. The lowest BCUT2D eigenvalue weighted by Gasteiger charge is -2.25. The van der Waals surface area contributed by atoms with Gasteiger partial charge in [-0.15, -0.1) is 0 Å². The number of carboxylic acids is 1. The van der Waals surface area contributed by atoms with Gasteiger partial charge in [-0.25, -0.2) is 14.6 Å². The van der Waals surface area contributed by atoms with Gasteiger partial charge in [-0.05, 0) is 62.7 Å². The second-order valence-corrected chi connectivity index (χ2v) is 10.2. The average Bonchev–Trinajstić information content (AvgIpc) is 3.56. The lowest BCUT2D eigenvalue weighted by atomic mass is 9.95. The summed E-state index contributed by atoms with van der Waals surface area (Å²) < 4.78 is 24.4. The van der Waals surface area contributed by atoms with E-state index in [0.717, 1.165) is 0 Å². The fraction of sp³-hybridized carbons (Fsp3) is 0.226. The van der Waals surface area contributed by atoms with Gasteiger partial charge in [0.2, 0.25) is 0 Å². The number of furan rings is 1.